The van der Waals surface area contributed by atoms with Gasteiger partial charge in [-0.15, -0.1) is 0 Å². The number of aliphatic hydroxyl groups is 1. The van der Waals surface area contributed by atoms with Gasteiger partial charge in [0.2, 0.25) is 0 Å². The summed E-state index contributed by atoms with van der Waals surface area (Å²) in [7, 11) is 0. The van der Waals surface area contributed by atoms with Crippen LogP contribution >= 0.6 is 0 Å². The fraction of sp³-hybridized carbons (Fsp3) is 0.250. The lowest BCUT2D eigenvalue weighted by Crippen LogP contribution is -2.34. The van der Waals surface area contributed by atoms with Crippen LogP contribution in [0.1, 0.15) is 62.7 Å². The van der Waals surface area contributed by atoms with Gasteiger partial charge in [0.1, 0.15) is 11.5 Å². The van der Waals surface area contributed by atoms with Crippen molar-refractivity contribution >= 4 is 29.3 Å². The summed E-state index contributed by atoms with van der Waals surface area (Å²) in [5.74, 6) is -2.36. The number of anilines is 1. The molecular formula is C28H31N5O5. The van der Waals surface area contributed by atoms with E-state index in [1.54, 1.807) is 43.3 Å². The zero-order chi connectivity index (χ0) is 28.0. The van der Waals surface area contributed by atoms with Crippen molar-refractivity contribution in [1.29, 1.82) is 5.41 Å². The maximum atomic E-state index is 13.2. The highest BCUT2D eigenvalue weighted by atomic mass is 16.4. The second-order valence-corrected chi connectivity index (χ2v) is 9.68. The Morgan fingerprint density at radius 1 is 0.974 bits per heavy atom. The molecule has 198 valence electrons. The van der Waals surface area contributed by atoms with Crippen molar-refractivity contribution in [1.82, 2.24) is 10.3 Å². The Morgan fingerprint density at radius 3 is 2.21 bits per heavy atom. The molecule has 0 aliphatic carbocycles. The summed E-state index contributed by atoms with van der Waals surface area (Å²) in [5.41, 5.74) is 7.21. The Hall–Kier alpha value is -4.57. The molecular weight excluding hydrogens is 486 g/mol. The monoisotopic (exact) mass is 517 g/mol. The molecule has 2 amide bonds. The SMILES string of the molecule is Cc1ccc(-c2ccc(C(=O)NCC(C)(C)CCO)cc2C(=O)O)c(C(=O)Nc2ccc(C(=N)N)cc2)n1. The number of rotatable bonds is 10. The van der Waals surface area contributed by atoms with Crippen LogP contribution in [0.25, 0.3) is 11.1 Å². The minimum Gasteiger partial charge on any atom is -0.478 e. The van der Waals surface area contributed by atoms with E-state index in [0.717, 1.165) is 0 Å². The van der Waals surface area contributed by atoms with E-state index in [1.807, 2.05) is 13.8 Å². The summed E-state index contributed by atoms with van der Waals surface area (Å²) >= 11 is 0. The number of carboxylic acids is 1. The van der Waals surface area contributed by atoms with Gasteiger partial charge in [-0.05, 0) is 66.8 Å². The summed E-state index contributed by atoms with van der Waals surface area (Å²) in [5, 5.41) is 32.1. The van der Waals surface area contributed by atoms with Gasteiger partial charge in [-0.3, -0.25) is 15.0 Å². The number of hydrogen-bond donors (Lipinski definition) is 6. The summed E-state index contributed by atoms with van der Waals surface area (Å²) < 4.78 is 0. The molecule has 0 atom stereocenters. The van der Waals surface area contributed by atoms with E-state index < -0.39 is 17.8 Å². The highest BCUT2D eigenvalue weighted by molar-refractivity contribution is 6.10. The van der Waals surface area contributed by atoms with Gasteiger partial charge in [-0.25, -0.2) is 9.78 Å². The number of aryl methyl sites for hydroxylation is 1. The molecule has 0 fully saturated rings. The smallest absolute Gasteiger partial charge is 0.336 e. The van der Waals surface area contributed by atoms with Gasteiger partial charge >= 0.3 is 5.97 Å². The van der Waals surface area contributed by atoms with Gasteiger partial charge in [0.05, 0.1) is 5.56 Å². The molecule has 1 heterocycles. The lowest BCUT2D eigenvalue weighted by Gasteiger charge is -2.24. The zero-order valence-corrected chi connectivity index (χ0v) is 21.5. The van der Waals surface area contributed by atoms with E-state index in [-0.39, 0.29) is 40.2 Å². The number of aromatic nitrogens is 1. The van der Waals surface area contributed by atoms with Gasteiger partial charge in [0, 0.05) is 41.2 Å². The summed E-state index contributed by atoms with van der Waals surface area (Å²) in [6.07, 6.45) is 0.499. The standard InChI is InChI=1S/C28H31N5O5/c1-16-4-10-21(23(32-16)26(36)33-19-8-5-17(6-9-19)24(29)30)20-11-7-18(14-22(20)27(37)38)25(35)31-15-28(2,3)12-13-34/h4-11,14,34H,12-13,15H2,1-3H3,(H3,29,30)(H,31,35)(H,33,36)(H,37,38). The number of nitrogens with one attached hydrogen (secondary N) is 3. The number of carbonyl (C=O) groups excluding carboxylic acids is 2. The average Bonchev–Trinajstić information content (AvgIpc) is 2.87. The van der Waals surface area contributed by atoms with Crippen molar-refractivity contribution < 1.29 is 24.6 Å². The number of pyridine rings is 1. The third kappa shape index (κ3) is 6.80. The number of amides is 2. The quantitative estimate of drug-likeness (QED) is 0.176. The average molecular weight is 518 g/mol. The Morgan fingerprint density at radius 2 is 1.61 bits per heavy atom. The van der Waals surface area contributed by atoms with E-state index >= 15 is 0 Å². The fourth-order valence-electron chi connectivity index (χ4n) is 3.78. The second-order valence-electron chi connectivity index (χ2n) is 9.68. The second kappa shape index (κ2) is 11.7. The highest BCUT2D eigenvalue weighted by Gasteiger charge is 2.23. The normalized spacial score (nSPS) is 11.1. The van der Waals surface area contributed by atoms with Crippen LogP contribution in [-0.2, 0) is 0 Å². The predicted octanol–water partition coefficient (Wildman–Crippen LogP) is 3.43. The van der Waals surface area contributed by atoms with Crippen LogP contribution in [0.15, 0.2) is 54.6 Å². The highest BCUT2D eigenvalue weighted by Crippen LogP contribution is 2.29. The number of hydrogen-bond acceptors (Lipinski definition) is 6. The minimum absolute atomic E-state index is 0.00898. The molecule has 0 aliphatic heterocycles. The maximum Gasteiger partial charge on any atom is 0.336 e. The summed E-state index contributed by atoms with van der Waals surface area (Å²) in [6, 6.07) is 13.9. The van der Waals surface area contributed by atoms with Crippen LogP contribution in [0.3, 0.4) is 0 Å². The van der Waals surface area contributed by atoms with Gasteiger partial charge in [-0.2, -0.15) is 0 Å². The lowest BCUT2D eigenvalue weighted by atomic mass is 9.89. The molecule has 3 aromatic rings. The number of benzene rings is 2. The lowest BCUT2D eigenvalue weighted by molar-refractivity contribution is 0.0697. The van der Waals surface area contributed by atoms with E-state index in [2.05, 4.69) is 15.6 Å². The van der Waals surface area contributed by atoms with Crippen LogP contribution in [0.4, 0.5) is 5.69 Å². The van der Waals surface area contributed by atoms with E-state index in [9.17, 15) is 24.6 Å². The first-order chi connectivity index (χ1) is 17.9. The van der Waals surface area contributed by atoms with Crippen molar-refractivity contribution in [2.24, 2.45) is 11.1 Å². The molecule has 0 spiro atoms. The number of nitrogen functional groups attached to an aromatic ring is 1. The molecule has 0 radical (unpaired) electrons. The maximum absolute atomic E-state index is 13.2. The first kappa shape index (κ1) is 28.0. The van der Waals surface area contributed by atoms with Crippen LogP contribution in [0.5, 0.6) is 0 Å². The molecule has 0 unspecified atom stereocenters. The first-order valence-electron chi connectivity index (χ1n) is 11.9. The molecule has 0 bridgehead atoms. The molecule has 2 aromatic carbocycles. The molecule has 10 nitrogen and oxygen atoms in total. The first-order valence-corrected chi connectivity index (χ1v) is 11.9. The number of aromatic carboxylic acids is 1. The minimum atomic E-state index is -1.26. The molecule has 1 aromatic heterocycles. The topological polar surface area (TPSA) is 178 Å². The van der Waals surface area contributed by atoms with Gasteiger partial charge in [0.15, 0.2) is 0 Å². The number of nitrogens with zero attached hydrogens (tertiary/aromatic N) is 1. The van der Waals surface area contributed by atoms with Crippen LogP contribution < -0.4 is 16.4 Å². The van der Waals surface area contributed by atoms with Crippen molar-refractivity contribution in [3.8, 4) is 11.1 Å². The number of amidine groups is 1. The van der Waals surface area contributed by atoms with Crippen molar-refractivity contribution in [3.05, 3.63) is 82.7 Å². The summed E-state index contributed by atoms with van der Waals surface area (Å²) in [6.45, 7) is 5.82. The van der Waals surface area contributed by atoms with E-state index in [1.165, 1.54) is 18.2 Å². The molecule has 0 saturated heterocycles. The van der Waals surface area contributed by atoms with Gasteiger partial charge < -0.3 is 26.6 Å². The van der Waals surface area contributed by atoms with Crippen molar-refractivity contribution in [2.45, 2.75) is 27.2 Å². The Kier molecular flexibility index (Phi) is 8.59. The van der Waals surface area contributed by atoms with Crippen LogP contribution in [0, 0.1) is 17.7 Å². The van der Waals surface area contributed by atoms with Crippen molar-refractivity contribution in [2.75, 3.05) is 18.5 Å². The molecule has 10 heteroatoms. The molecule has 38 heavy (non-hydrogen) atoms. The number of aliphatic hydroxyl groups excluding tert-OH is 1. The van der Waals surface area contributed by atoms with E-state index in [0.29, 0.717) is 35.5 Å². The third-order valence-electron chi connectivity index (χ3n) is 6.02. The Bertz CT molecular complexity index is 1380. The van der Waals surface area contributed by atoms with Crippen LogP contribution in [0.2, 0.25) is 0 Å². The molecule has 7 N–H and O–H groups in total. The van der Waals surface area contributed by atoms with Gasteiger partial charge in [-0.1, -0.05) is 26.0 Å². The van der Waals surface area contributed by atoms with Crippen molar-refractivity contribution in [3.63, 3.8) is 0 Å². The zero-order valence-electron chi connectivity index (χ0n) is 21.5. The molecule has 0 aliphatic rings. The largest absolute Gasteiger partial charge is 0.478 e. The van der Waals surface area contributed by atoms with E-state index in [4.69, 9.17) is 11.1 Å². The fourth-order valence-corrected chi connectivity index (χ4v) is 3.78. The number of carbonyl (C=O) groups is 3. The summed E-state index contributed by atoms with van der Waals surface area (Å²) in [4.78, 5) is 42.5. The third-order valence-corrected chi connectivity index (χ3v) is 6.02. The molecule has 3 rings (SSSR count). The number of nitrogens with two attached hydrogens (primary N) is 1. The van der Waals surface area contributed by atoms with Gasteiger partial charge in [0.25, 0.3) is 11.8 Å². The Labute approximate surface area is 220 Å². The molecule has 0 saturated carbocycles. The Balaban J connectivity index is 1.94. The number of carboxylic acid groups (broad SMARTS) is 1. The predicted molar refractivity (Wildman–Crippen MR) is 145 cm³/mol. The van der Waals surface area contributed by atoms with Crippen LogP contribution in [-0.4, -0.2) is 52.0 Å².